The van der Waals surface area contributed by atoms with Crippen LogP contribution in [0.1, 0.15) is 11.6 Å². The molecule has 1 unspecified atom stereocenters. The van der Waals surface area contributed by atoms with Crippen LogP contribution in [0.5, 0.6) is 0 Å². The molecule has 2 aromatic rings. The van der Waals surface area contributed by atoms with Crippen molar-refractivity contribution in [2.45, 2.75) is 10.9 Å². The van der Waals surface area contributed by atoms with E-state index in [1.807, 2.05) is 19.0 Å². The Hall–Kier alpha value is -1.76. The number of hydrogen-bond acceptors (Lipinski definition) is 3. The van der Waals surface area contributed by atoms with Gasteiger partial charge in [0.2, 0.25) is 10.0 Å². The molecule has 0 amide bonds. The van der Waals surface area contributed by atoms with Crippen molar-refractivity contribution in [3.8, 4) is 0 Å². The largest absolute Gasteiger partial charge is 0.301 e. The zero-order valence-corrected chi connectivity index (χ0v) is 13.3. The maximum atomic E-state index is 13.4. The van der Waals surface area contributed by atoms with Crippen LogP contribution in [0.2, 0.25) is 0 Å². The molecule has 0 saturated carbocycles. The van der Waals surface area contributed by atoms with E-state index in [1.54, 1.807) is 30.3 Å². The Labute approximate surface area is 130 Å². The molecule has 0 aliphatic rings. The van der Waals surface area contributed by atoms with E-state index in [9.17, 15) is 12.8 Å². The van der Waals surface area contributed by atoms with Crippen molar-refractivity contribution in [1.82, 2.24) is 9.62 Å². The molecule has 0 aliphatic heterocycles. The third-order valence-corrected chi connectivity index (χ3v) is 4.82. The lowest BCUT2D eigenvalue weighted by molar-refractivity contribution is 0.299. The molecule has 1 atom stereocenters. The quantitative estimate of drug-likeness (QED) is 0.888. The van der Waals surface area contributed by atoms with Crippen molar-refractivity contribution in [2.75, 3.05) is 20.6 Å². The monoisotopic (exact) mass is 322 g/mol. The van der Waals surface area contributed by atoms with Crippen molar-refractivity contribution < 1.29 is 12.8 Å². The van der Waals surface area contributed by atoms with E-state index in [2.05, 4.69) is 4.72 Å². The summed E-state index contributed by atoms with van der Waals surface area (Å²) in [7, 11) is 0.0742. The van der Waals surface area contributed by atoms with E-state index in [0.29, 0.717) is 0 Å². The van der Waals surface area contributed by atoms with Crippen molar-refractivity contribution in [3.63, 3.8) is 0 Å². The molecule has 0 heterocycles. The Morgan fingerprint density at radius 3 is 2.36 bits per heavy atom. The van der Waals surface area contributed by atoms with Crippen LogP contribution in [0.4, 0.5) is 4.39 Å². The molecule has 0 saturated heterocycles. The van der Waals surface area contributed by atoms with Gasteiger partial charge in [-0.2, -0.15) is 0 Å². The summed E-state index contributed by atoms with van der Waals surface area (Å²) in [5, 5.41) is 0. The Kier molecular flexibility index (Phi) is 5.28. The average Bonchev–Trinajstić information content (AvgIpc) is 2.48. The van der Waals surface area contributed by atoms with Gasteiger partial charge < -0.3 is 4.90 Å². The lowest BCUT2D eigenvalue weighted by atomic mass is 10.1. The Bertz CT molecular complexity index is 718. The summed E-state index contributed by atoms with van der Waals surface area (Å²) < 4.78 is 40.5. The second-order valence-electron chi connectivity index (χ2n) is 5.20. The van der Waals surface area contributed by atoms with Crippen LogP contribution in [0.25, 0.3) is 0 Å². The molecule has 2 aromatic carbocycles. The van der Waals surface area contributed by atoms with Crippen LogP contribution in [0, 0.1) is 5.82 Å². The van der Waals surface area contributed by atoms with E-state index in [1.165, 1.54) is 24.3 Å². The number of hydrogen-bond donors (Lipinski definition) is 1. The van der Waals surface area contributed by atoms with Crippen LogP contribution in [0.15, 0.2) is 59.5 Å². The predicted molar refractivity (Wildman–Crippen MR) is 84.5 cm³/mol. The van der Waals surface area contributed by atoms with Gasteiger partial charge >= 0.3 is 0 Å². The molecule has 0 aliphatic carbocycles. The molecule has 0 aromatic heterocycles. The molecule has 2 rings (SSSR count). The predicted octanol–water partition coefficient (Wildman–Crippen LogP) is 2.41. The van der Waals surface area contributed by atoms with Gasteiger partial charge in [-0.1, -0.05) is 30.3 Å². The number of benzene rings is 2. The van der Waals surface area contributed by atoms with Gasteiger partial charge in [0, 0.05) is 12.6 Å². The van der Waals surface area contributed by atoms with Crippen LogP contribution >= 0.6 is 0 Å². The number of nitrogens with one attached hydrogen (secondary N) is 1. The fraction of sp³-hybridized carbons (Fsp3) is 0.250. The second-order valence-corrected chi connectivity index (χ2v) is 6.97. The van der Waals surface area contributed by atoms with Gasteiger partial charge in [0.05, 0.1) is 4.90 Å². The van der Waals surface area contributed by atoms with E-state index >= 15 is 0 Å². The first-order valence-electron chi connectivity index (χ1n) is 6.87. The van der Waals surface area contributed by atoms with Gasteiger partial charge in [0.1, 0.15) is 5.82 Å². The van der Waals surface area contributed by atoms with E-state index in [0.717, 1.165) is 5.56 Å². The highest BCUT2D eigenvalue weighted by molar-refractivity contribution is 7.89. The first kappa shape index (κ1) is 16.6. The average molecular weight is 322 g/mol. The third kappa shape index (κ3) is 4.13. The standard InChI is InChI=1S/C16H19FN2O2S/c1-19(2)16(13-7-6-8-14(17)11-13)12-18-22(20,21)15-9-4-3-5-10-15/h3-11,16,18H,12H2,1-2H3. The molecule has 6 heteroatoms. The van der Waals surface area contributed by atoms with Crippen LogP contribution < -0.4 is 4.72 Å². The minimum Gasteiger partial charge on any atom is -0.301 e. The van der Waals surface area contributed by atoms with E-state index in [-0.39, 0.29) is 23.3 Å². The van der Waals surface area contributed by atoms with Gasteiger partial charge in [0.25, 0.3) is 0 Å². The molecule has 118 valence electrons. The molecule has 0 radical (unpaired) electrons. The van der Waals surface area contributed by atoms with E-state index < -0.39 is 10.0 Å². The van der Waals surface area contributed by atoms with Gasteiger partial charge in [-0.3, -0.25) is 0 Å². The number of rotatable bonds is 6. The van der Waals surface area contributed by atoms with Crippen molar-refractivity contribution in [1.29, 1.82) is 0 Å². The summed E-state index contributed by atoms with van der Waals surface area (Å²) in [4.78, 5) is 2.06. The van der Waals surface area contributed by atoms with Crippen molar-refractivity contribution in [3.05, 3.63) is 66.0 Å². The molecule has 0 spiro atoms. The lowest BCUT2D eigenvalue weighted by Crippen LogP contribution is -2.34. The number of likely N-dealkylation sites (N-methyl/N-ethyl adjacent to an activating group) is 1. The summed E-state index contributed by atoms with van der Waals surface area (Å²) in [5.74, 6) is -0.338. The number of halogens is 1. The van der Waals surface area contributed by atoms with Gasteiger partial charge in [-0.15, -0.1) is 0 Å². The smallest absolute Gasteiger partial charge is 0.240 e. The Morgan fingerprint density at radius 2 is 1.77 bits per heavy atom. The maximum absolute atomic E-state index is 13.4. The third-order valence-electron chi connectivity index (χ3n) is 3.38. The SMILES string of the molecule is CN(C)C(CNS(=O)(=O)c1ccccc1)c1cccc(F)c1. The van der Waals surface area contributed by atoms with Crippen LogP contribution in [0.3, 0.4) is 0 Å². The topological polar surface area (TPSA) is 49.4 Å². The summed E-state index contributed by atoms with van der Waals surface area (Å²) in [6.07, 6.45) is 0. The highest BCUT2D eigenvalue weighted by Crippen LogP contribution is 2.19. The number of nitrogens with zero attached hydrogens (tertiary/aromatic N) is 1. The fourth-order valence-electron chi connectivity index (χ4n) is 2.18. The Morgan fingerprint density at radius 1 is 1.09 bits per heavy atom. The Balaban J connectivity index is 2.16. The van der Waals surface area contributed by atoms with Crippen molar-refractivity contribution >= 4 is 10.0 Å². The summed E-state index contributed by atoms with van der Waals surface area (Å²) in [6.45, 7) is 0.160. The minimum atomic E-state index is -3.58. The van der Waals surface area contributed by atoms with Crippen LogP contribution in [-0.2, 0) is 10.0 Å². The van der Waals surface area contributed by atoms with Gasteiger partial charge in [-0.25, -0.2) is 17.5 Å². The van der Waals surface area contributed by atoms with Crippen LogP contribution in [-0.4, -0.2) is 34.0 Å². The molecule has 4 nitrogen and oxygen atoms in total. The molecule has 0 fully saturated rings. The highest BCUT2D eigenvalue weighted by Gasteiger charge is 2.19. The molecule has 22 heavy (non-hydrogen) atoms. The zero-order valence-electron chi connectivity index (χ0n) is 12.5. The van der Waals surface area contributed by atoms with E-state index in [4.69, 9.17) is 0 Å². The summed E-state index contributed by atoms with van der Waals surface area (Å²) in [5.41, 5.74) is 0.723. The molecular formula is C16H19FN2O2S. The minimum absolute atomic E-state index is 0.160. The first-order valence-corrected chi connectivity index (χ1v) is 8.35. The summed E-state index contributed by atoms with van der Waals surface area (Å²) in [6, 6.07) is 14.1. The second kappa shape index (κ2) is 7.00. The van der Waals surface area contributed by atoms with Gasteiger partial charge in [-0.05, 0) is 43.9 Å². The molecule has 1 N–H and O–H groups in total. The maximum Gasteiger partial charge on any atom is 0.240 e. The highest BCUT2D eigenvalue weighted by atomic mass is 32.2. The normalized spacial score (nSPS) is 13.3. The van der Waals surface area contributed by atoms with Gasteiger partial charge in [0.15, 0.2) is 0 Å². The van der Waals surface area contributed by atoms with Crippen molar-refractivity contribution in [2.24, 2.45) is 0 Å². The lowest BCUT2D eigenvalue weighted by Gasteiger charge is -2.25. The molecular weight excluding hydrogens is 303 g/mol. The molecule has 0 bridgehead atoms. The summed E-state index contributed by atoms with van der Waals surface area (Å²) >= 11 is 0. The fourth-order valence-corrected chi connectivity index (χ4v) is 3.24. The zero-order chi connectivity index (χ0) is 16.2. The first-order chi connectivity index (χ1) is 10.4. The number of sulfonamides is 1.